The molecule has 7 heteroatoms. The van der Waals surface area contributed by atoms with E-state index in [4.69, 9.17) is 10.5 Å². The Labute approximate surface area is 129 Å². The van der Waals surface area contributed by atoms with Crippen molar-refractivity contribution in [2.24, 2.45) is 0 Å². The summed E-state index contributed by atoms with van der Waals surface area (Å²) in [5, 5.41) is 3.88. The van der Waals surface area contributed by atoms with Crippen LogP contribution in [-0.2, 0) is 4.74 Å². The third-order valence-electron chi connectivity index (χ3n) is 3.81. The van der Waals surface area contributed by atoms with Gasteiger partial charge in [-0.25, -0.2) is 4.98 Å². The van der Waals surface area contributed by atoms with E-state index >= 15 is 0 Å². The van der Waals surface area contributed by atoms with Crippen molar-refractivity contribution in [3.8, 4) is 0 Å². The van der Waals surface area contributed by atoms with E-state index < -0.39 is 0 Å². The number of ether oxygens (including phenoxy) is 1. The van der Waals surface area contributed by atoms with Crippen LogP contribution in [0.4, 0.5) is 10.9 Å². The lowest BCUT2D eigenvalue weighted by Gasteiger charge is -2.39. The Morgan fingerprint density at radius 1 is 1.62 bits per heavy atom. The molecule has 0 radical (unpaired) electrons. The number of nitrogens with two attached hydrogens (primary N) is 1. The number of anilines is 2. The lowest BCUT2D eigenvalue weighted by molar-refractivity contribution is -0.0438. The van der Waals surface area contributed by atoms with Crippen molar-refractivity contribution in [1.29, 1.82) is 0 Å². The first-order chi connectivity index (χ1) is 9.99. The molecule has 118 valence electrons. The maximum Gasteiger partial charge on any atom is 0.267 e. The number of hydrogen-bond donors (Lipinski definition) is 2. The number of hydrogen-bond acceptors (Lipinski definition) is 6. The fourth-order valence-electron chi connectivity index (χ4n) is 2.48. The molecule has 1 aromatic rings. The fraction of sp³-hybridized carbons (Fsp3) is 0.714. The third kappa shape index (κ3) is 3.65. The number of piperidine rings is 1. The fourth-order valence-corrected chi connectivity index (χ4v) is 3.36. The average molecular weight is 312 g/mol. The number of carbonyl (C=O) groups is 1. The summed E-state index contributed by atoms with van der Waals surface area (Å²) in [7, 11) is 1.70. The highest BCUT2D eigenvalue weighted by atomic mass is 32.1. The largest absolute Gasteiger partial charge is 0.382 e. The van der Waals surface area contributed by atoms with E-state index in [1.54, 1.807) is 7.11 Å². The van der Waals surface area contributed by atoms with Crippen molar-refractivity contribution >= 4 is 28.2 Å². The van der Waals surface area contributed by atoms with Crippen molar-refractivity contribution in [2.75, 3.05) is 37.8 Å². The summed E-state index contributed by atoms with van der Waals surface area (Å²) in [5.74, 6) is 0.269. The number of likely N-dealkylation sites (tertiary alicyclic amines) is 1. The molecule has 21 heavy (non-hydrogen) atoms. The summed E-state index contributed by atoms with van der Waals surface area (Å²) in [6.07, 6.45) is 2.91. The van der Waals surface area contributed by atoms with Crippen LogP contribution in [-0.4, -0.2) is 48.1 Å². The Bertz CT molecular complexity index is 505. The van der Waals surface area contributed by atoms with E-state index in [0.717, 1.165) is 32.4 Å². The molecule has 3 N–H and O–H groups in total. The van der Waals surface area contributed by atoms with E-state index in [0.29, 0.717) is 22.4 Å². The van der Waals surface area contributed by atoms with E-state index in [1.807, 2.05) is 11.8 Å². The highest BCUT2D eigenvalue weighted by Crippen LogP contribution is 2.30. The lowest BCUT2D eigenvalue weighted by Crippen LogP contribution is -2.49. The molecule has 0 aromatic carbocycles. The van der Waals surface area contributed by atoms with Gasteiger partial charge in [-0.3, -0.25) is 4.79 Å². The van der Waals surface area contributed by atoms with E-state index in [-0.39, 0.29) is 11.5 Å². The van der Waals surface area contributed by atoms with Gasteiger partial charge in [0.2, 0.25) is 0 Å². The van der Waals surface area contributed by atoms with Gasteiger partial charge in [-0.1, -0.05) is 18.3 Å². The van der Waals surface area contributed by atoms with Gasteiger partial charge in [0.1, 0.15) is 10.7 Å². The second-order valence-electron chi connectivity index (χ2n) is 5.64. The molecule has 1 aromatic heterocycles. The zero-order chi connectivity index (χ0) is 15.5. The highest BCUT2D eigenvalue weighted by Gasteiger charge is 2.34. The van der Waals surface area contributed by atoms with Gasteiger partial charge in [0.25, 0.3) is 5.91 Å². The number of nitrogen functional groups attached to an aromatic ring is 1. The van der Waals surface area contributed by atoms with Crippen molar-refractivity contribution in [1.82, 2.24) is 9.88 Å². The van der Waals surface area contributed by atoms with Crippen molar-refractivity contribution < 1.29 is 9.53 Å². The Kier molecular flexibility index (Phi) is 5.05. The van der Waals surface area contributed by atoms with Gasteiger partial charge in [-0.2, -0.15) is 0 Å². The summed E-state index contributed by atoms with van der Waals surface area (Å²) >= 11 is 1.33. The predicted molar refractivity (Wildman–Crippen MR) is 85.9 cm³/mol. The summed E-state index contributed by atoms with van der Waals surface area (Å²) < 4.78 is 5.53. The molecular weight excluding hydrogens is 288 g/mol. The van der Waals surface area contributed by atoms with E-state index in [9.17, 15) is 4.79 Å². The number of rotatable bonds is 5. The smallest absolute Gasteiger partial charge is 0.267 e. The molecule has 1 atom stereocenters. The quantitative estimate of drug-likeness (QED) is 0.871. The topological polar surface area (TPSA) is 80.5 Å². The second-order valence-corrected chi connectivity index (χ2v) is 6.64. The van der Waals surface area contributed by atoms with Crippen molar-refractivity contribution in [2.45, 2.75) is 38.7 Å². The van der Waals surface area contributed by atoms with Crippen LogP contribution in [0.5, 0.6) is 0 Å². The minimum absolute atomic E-state index is 0.0440. The van der Waals surface area contributed by atoms with Crippen LogP contribution < -0.4 is 11.1 Å². The molecule has 1 aliphatic rings. The van der Waals surface area contributed by atoms with E-state index in [1.165, 1.54) is 11.3 Å². The molecule has 0 spiro atoms. The Morgan fingerprint density at radius 3 is 3.05 bits per heavy atom. The first-order valence-electron chi connectivity index (χ1n) is 7.33. The number of nitrogens with zero attached hydrogens (tertiary/aromatic N) is 2. The number of amides is 1. The Hall–Kier alpha value is -1.34. The maximum absolute atomic E-state index is 12.6. The van der Waals surface area contributed by atoms with E-state index in [2.05, 4.69) is 17.2 Å². The number of methoxy groups -OCH3 is 1. The lowest BCUT2D eigenvalue weighted by atomic mass is 9.94. The van der Waals surface area contributed by atoms with Gasteiger partial charge in [-0.05, 0) is 26.2 Å². The van der Waals surface area contributed by atoms with Gasteiger partial charge >= 0.3 is 0 Å². The molecule has 2 heterocycles. The number of nitrogens with one attached hydrogen (secondary N) is 1. The van der Waals surface area contributed by atoms with Crippen LogP contribution in [0, 0.1) is 0 Å². The van der Waals surface area contributed by atoms with Gasteiger partial charge in [0.15, 0.2) is 5.13 Å². The van der Waals surface area contributed by atoms with Gasteiger partial charge in [0, 0.05) is 26.7 Å². The third-order valence-corrected chi connectivity index (χ3v) is 4.83. The molecular formula is C14H24N4O2S. The van der Waals surface area contributed by atoms with Crippen LogP contribution in [0.25, 0.3) is 0 Å². The molecule has 0 saturated carbocycles. The molecule has 2 rings (SSSR count). The number of aromatic nitrogens is 1. The summed E-state index contributed by atoms with van der Waals surface area (Å²) in [6, 6.07) is 0. The van der Waals surface area contributed by atoms with Gasteiger partial charge in [0.05, 0.1) is 5.60 Å². The van der Waals surface area contributed by atoms with Crippen LogP contribution >= 0.6 is 11.3 Å². The zero-order valence-corrected chi connectivity index (χ0v) is 13.8. The Balaban J connectivity index is 2.10. The number of carbonyl (C=O) groups excluding carboxylic acids is 1. The van der Waals surface area contributed by atoms with Crippen molar-refractivity contribution in [3.05, 3.63) is 4.88 Å². The predicted octanol–water partition coefficient (Wildman–Crippen LogP) is 2.19. The molecule has 1 amide bonds. The van der Waals surface area contributed by atoms with Crippen molar-refractivity contribution in [3.63, 3.8) is 0 Å². The summed E-state index contributed by atoms with van der Waals surface area (Å²) in [6.45, 7) is 6.28. The highest BCUT2D eigenvalue weighted by molar-refractivity contribution is 7.18. The monoisotopic (exact) mass is 312 g/mol. The first-order valence-corrected chi connectivity index (χ1v) is 8.15. The van der Waals surface area contributed by atoms with Gasteiger partial charge in [-0.15, -0.1) is 0 Å². The molecule has 1 unspecified atom stereocenters. The Morgan fingerprint density at radius 2 is 2.38 bits per heavy atom. The van der Waals surface area contributed by atoms with Crippen LogP contribution in [0.1, 0.15) is 42.8 Å². The molecule has 6 nitrogen and oxygen atoms in total. The minimum Gasteiger partial charge on any atom is -0.382 e. The van der Waals surface area contributed by atoms with Gasteiger partial charge < -0.3 is 20.7 Å². The van der Waals surface area contributed by atoms with Crippen LogP contribution in [0.3, 0.4) is 0 Å². The summed E-state index contributed by atoms with van der Waals surface area (Å²) in [4.78, 5) is 19.2. The second kappa shape index (κ2) is 6.62. The maximum atomic E-state index is 12.6. The summed E-state index contributed by atoms with van der Waals surface area (Å²) in [5.41, 5.74) is 5.63. The molecule has 1 fully saturated rings. The molecule has 1 aliphatic heterocycles. The van der Waals surface area contributed by atoms with Crippen LogP contribution in [0.2, 0.25) is 0 Å². The minimum atomic E-state index is -0.267. The first kappa shape index (κ1) is 16.0. The molecule has 0 aliphatic carbocycles. The normalized spacial score (nSPS) is 22.3. The average Bonchev–Trinajstić information content (AvgIpc) is 2.85. The van der Waals surface area contributed by atoms with Crippen LogP contribution in [0.15, 0.2) is 0 Å². The molecule has 0 bridgehead atoms. The molecule has 1 saturated heterocycles. The SMILES string of the molecule is CCCNc1nc(N)c(C(=O)N2CCCC(C)(OC)C2)s1. The number of thiazole rings is 1. The standard InChI is InChI=1S/C14H24N4O2S/c1-4-7-16-13-17-11(15)10(21-13)12(19)18-8-5-6-14(2,9-18)20-3/h4-9,15H2,1-3H3,(H,16,17). The zero-order valence-electron chi connectivity index (χ0n) is 12.9.